The Kier molecular flexibility index (Phi) is 6.38. The second-order valence-corrected chi connectivity index (χ2v) is 7.30. The van der Waals surface area contributed by atoms with Crippen molar-refractivity contribution in [3.05, 3.63) is 52.1 Å². The standard InChI is InChI=1S/C20H20FN3O4S/c1-3-8-22-18(26)12(2)28-16(25)9-24-11-23-19-17(20(24)27)15(10-29-19)13-4-6-14(21)7-5-13/h4-7,10-12H,3,8-9H2,1-2H3,(H,22,26)/t12-/m1/s1. The third-order valence-electron chi connectivity index (χ3n) is 4.24. The number of hydrogen-bond acceptors (Lipinski definition) is 6. The zero-order chi connectivity index (χ0) is 21.0. The van der Waals surface area contributed by atoms with Gasteiger partial charge in [-0.2, -0.15) is 0 Å². The van der Waals surface area contributed by atoms with Crippen LogP contribution in [0.2, 0.25) is 0 Å². The third kappa shape index (κ3) is 4.68. The molecule has 0 fully saturated rings. The highest BCUT2D eigenvalue weighted by molar-refractivity contribution is 7.17. The molecule has 1 N–H and O–H groups in total. The number of fused-ring (bicyclic) bond motifs is 1. The number of halogens is 1. The molecule has 0 spiro atoms. The number of carbonyl (C=O) groups excluding carboxylic acids is 2. The fourth-order valence-electron chi connectivity index (χ4n) is 2.74. The second-order valence-electron chi connectivity index (χ2n) is 6.44. The number of nitrogens with one attached hydrogen (secondary N) is 1. The minimum absolute atomic E-state index is 0.352. The largest absolute Gasteiger partial charge is 0.451 e. The summed E-state index contributed by atoms with van der Waals surface area (Å²) >= 11 is 1.29. The maximum Gasteiger partial charge on any atom is 0.326 e. The summed E-state index contributed by atoms with van der Waals surface area (Å²) in [5.74, 6) is -1.48. The van der Waals surface area contributed by atoms with Crippen molar-refractivity contribution in [2.24, 2.45) is 0 Å². The van der Waals surface area contributed by atoms with Crippen molar-refractivity contribution in [3.8, 4) is 11.1 Å². The fraction of sp³-hybridized carbons (Fsp3) is 0.300. The van der Waals surface area contributed by atoms with Gasteiger partial charge in [0.15, 0.2) is 6.10 Å². The Morgan fingerprint density at radius 2 is 2.03 bits per heavy atom. The molecule has 0 aliphatic heterocycles. The number of rotatable bonds is 7. The van der Waals surface area contributed by atoms with E-state index in [-0.39, 0.29) is 12.4 Å². The summed E-state index contributed by atoms with van der Waals surface area (Å²) in [7, 11) is 0. The summed E-state index contributed by atoms with van der Waals surface area (Å²) in [4.78, 5) is 41.7. The number of carbonyl (C=O) groups is 2. The lowest BCUT2D eigenvalue weighted by Gasteiger charge is -2.13. The molecule has 1 amide bonds. The van der Waals surface area contributed by atoms with Crippen molar-refractivity contribution in [2.75, 3.05) is 6.54 Å². The highest BCUT2D eigenvalue weighted by Crippen LogP contribution is 2.30. The first kappa shape index (κ1) is 20.7. The van der Waals surface area contributed by atoms with Crippen molar-refractivity contribution in [1.29, 1.82) is 0 Å². The summed E-state index contributed by atoms with van der Waals surface area (Å²) in [6.07, 6.45) is 1.08. The number of benzene rings is 1. The van der Waals surface area contributed by atoms with E-state index in [4.69, 9.17) is 4.74 Å². The SMILES string of the molecule is CCCNC(=O)[C@@H](C)OC(=O)Cn1cnc2scc(-c3ccc(F)cc3)c2c1=O. The normalized spacial score (nSPS) is 12.0. The molecule has 0 aliphatic rings. The highest BCUT2D eigenvalue weighted by atomic mass is 32.1. The van der Waals surface area contributed by atoms with Crippen molar-refractivity contribution in [2.45, 2.75) is 32.9 Å². The summed E-state index contributed by atoms with van der Waals surface area (Å²) in [5.41, 5.74) is 0.895. The van der Waals surface area contributed by atoms with Crippen LogP contribution in [0.3, 0.4) is 0 Å². The molecule has 152 valence electrons. The van der Waals surface area contributed by atoms with E-state index in [0.717, 1.165) is 11.0 Å². The third-order valence-corrected chi connectivity index (χ3v) is 5.13. The van der Waals surface area contributed by atoms with Crippen molar-refractivity contribution in [1.82, 2.24) is 14.9 Å². The molecule has 7 nitrogen and oxygen atoms in total. The number of aromatic nitrogens is 2. The van der Waals surface area contributed by atoms with E-state index in [1.54, 1.807) is 17.5 Å². The van der Waals surface area contributed by atoms with Gasteiger partial charge < -0.3 is 10.1 Å². The molecule has 1 aromatic carbocycles. The maximum atomic E-state index is 13.2. The van der Waals surface area contributed by atoms with Crippen LogP contribution < -0.4 is 10.9 Å². The maximum absolute atomic E-state index is 13.2. The van der Waals surface area contributed by atoms with E-state index in [2.05, 4.69) is 10.3 Å². The van der Waals surface area contributed by atoms with Gasteiger partial charge in [0.2, 0.25) is 0 Å². The molecule has 0 saturated carbocycles. The van der Waals surface area contributed by atoms with Crippen molar-refractivity contribution < 1.29 is 18.7 Å². The van der Waals surface area contributed by atoms with Crippen LogP contribution in [0.4, 0.5) is 4.39 Å². The molecule has 3 aromatic rings. The van der Waals surface area contributed by atoms with Gasteiger partial charge in [-0.1, -0.05) is 19.1 Å². The average Bonchev–Trinajstić information content (AvgIpc) is 3.13. The van der Waals surface area contributed by atoms with Gasteiger partial charge >= 0.3 is 5.97 Å². The van der Waals surface area contributed by atoms with Gasteiger partial charge in [-0.25, -0.2) is 9.37 Å². The summed E-state index contributed by atoms with van der Waals surface area (Å²) in [6.45, 7) is 3.51. The van der Waals surface area contributed by atoms with E-state index < -0.39 is 23.5 Å². The van der Waals surface area contributed by atoms with Crippen LogP contribution in [-0.4, -0.2) is 34.1 Å². The predicted molar refractivity (Wildman–Crippen MR) is 108 cm³/mol. The van der Waals surface area contributed by atoms with Gasteiger partial charge in [0.1, 0.15) is 17.2 Å². The molecule has 3 rings (SSSR count). The molecule has 9 heteroatoms. The zero-order valence-electron chi connectivity index (χ0n) is 16.0. The van der Waals surface area contributed by atoms with Crippen molar-refractivity contribution in [3.63, 3.8) is 0 Å². The second kappa shape index (κ2) is 8.95. The summed E-state index contributed by atoms with van der Waals surface area (Å²) in [5, 5.41) is 4.77. The zero-order valence-corrected chi connectivity index (χ0v) is 16.8. The number of amides is 1. The van der Waals surface area contributed by atoms with E-state index in [1.807, 2.05) is 6.92 Å². The van der Waals surface area contributed by atoms with Crippen LogP contribution in [0, 0.1) is 5.82 Å². The summed E-state index contributed by atoms with van der Waals surface area (Å²) in [6, 6.07) is 5.79. The molecular weight excluding hydrogens is 397 g/mol. The topological polar surface area (TPSA) is 90.3 Å². The lowest BCUT2D eigenvalue weighted by Crippen LogP contribution is -2.37. The first-order valence-electron chi connectivity index (χ1n) is 9.10. The van der Waals surface area contributed by atoms with E-state index >= 15 is 0 Å². The van der Waals surface area contributed by atoms with Crippen LogP contribution >= 0.6 is 11.3 Å². The van der Waals surface area contributed by atoms with Gasteiger partial charge in [0.05, 0.1) is 11.7 Å². The highest BCUT2D eigenvalue weighted by Gasteiger charge is 2.19. The van der Waals surface area contributed by atoms with E-state index in [0.29, 0.717) is 27.9 Å². The van der Waals surface area contributed by atoms with Crippen LogP contribution in [0.25, 0.3) is 21.3 Å². The Morgan fingerprint density at radius 1 is 1.31 bits per heavy atom. The number of ether oxygens (including phenoxy) is 1. The summed E-state index contributed by atoms with van der Waals surface area (Å²) < 4.78 is 19.5. The number of hydrogen-bond donors (Lipinski definition) is 1. The van der Waals surface area contributed by atoms with Crippen LogP contribution in [0.15, 0.2) is 40.8 Å². The molecular formula is C20H20FN3O4S. The molecule has 2 heterocycles. The number of esters is 1. The fourth-order valence-corrected chi connectivity index (χ4v) is 3.65. The van der Waals surface area contributed by atoms with Crippen LogP contribution in [0.1, 0.15) is 20.3 Å². The monoisotopic (exact) mass is 417 g/mol. The van der Waals surface area contributed by atoms with Crippen LogP contribution in [-0.2, 0) is 20.9 Å². The minimum Gasteiger partial charge on any atom is -0.451 e. The lowest BCUT2D eigenvalue weighted by molar-refractivity contribution is -0.155. The number of nitrogens with zero attached hydrogens (tertiary/aromatic N) is 2. The molecule has 29 heavy (non-hydrogen) atoms. The number of thiophene rings is 1. The Morgan fingerprint density at radius 3 is 2.72 bits per heavy atom. The molecule has 0 radical (unpaired) electrons. The molecule has 0 bridgehead atoms. The predicted octanol–water partition coefficient (Wildman–Crippen LogP) is 2.72. The first-order valence-corrected chi connectivity index (χ1v) is 9.98. The van der Waals surface area contributed by atoms with Gasteiger partial charge in [0.25, 0.3) is 11.5 Å². The molecule has 1 atom stereocenters. The van der Waals surface area contributed by atoms with Crippen LogP contribution in [0.5, 0.6) is 0 Å². The van der Waals surface area contributed by atoms with Gasteiger partial charge in [0, 0.05) is 17.5 Å². The quantitative estimate of drug-likeness (QED) is 0.597. The average molecular weight is 417 g/mol. The lowest BCUT2D eigenvalue weighted by atomic mass is 10.1. The van der Waals surface area contributed by atoms with Gasteiger partial charge in [-0.3, -0.25) is 19.0 Å². The molecule has 0 aliphatic carbocycles. The Labute approximate surface area is 170 Å². The van der Waals surface area contributed by atoms with Gasteiger partial charge in [-0.05, 0) is 31.0 Å². The Balaban J connectivity index is 1.82. The Hall–Kier alpha value is -3.07. The first-order chi connectivity index (χ1) is 13.9. The molecule has 0 saturated heterocycles. The Bertz CT molecular complexity index is 1090. The molecule has 2 aromatic heterocycles. The molecule has 0 unspecified atom stereocenters. The van der Waals surface area contributed by atoms with E-state index in [1.165, 1.54) is 36.7 Å². The smallest absolute Gasteiger partial charge is 0.326 e. The van der Waals surface area contributed by atoms with Crippen molar-refractivity contribution >= 4 is 33.4 Å². The minimum atomic E-state index is -0.961. The van der Waals surface area contributed by atoms with E-state index in [9.17, 15) is 18.8 Å². The van der Waals surface area contributed by atoms with Gasteiger partial charge in [-0.15, -0.1) is 11.3 Å².